The molecule has 3 heteroatoms. The number of hydrogen-bond acceptors (Lipinski definition) is 2. The summed E-state index contributed by atoms with van der Waals surface area (Å²) in [6.45, 7) is 5.02. The molecule has 1 saturated carbocycles. The topological polar surface area (TPSA) is 34.0 Å². The van der Waals surface area contributed by atoms with Crippen LogP contribution in [0.25, 0.3) is 0 Å². The van der Waals surface area contributed by atoms with E-state index in [4.69, 9.17) is 0 Å². The van der Waals surface area contributed by atoms with Gasteiger partial charge in [-0.05, 0) is 37.3 Å². The van der Waals surface area contributed by atoms with Gasteiger partial charge in [0.25, 0.3) is 5.56 Å². The molecule has 1 fully saturated rings. The maximum atomic E-state index is 11.4. The lowest BCUT2D eigenvalue weighted by molar-refractivity contribution is 0.451. The Labute approximate surface area is 96.5 Å². The standard InChI is InChI=1S/C13H20N2O/c1-11(12-5-6-12)10-14-7-9-15-8-3-2-4-13(15)16/h2-4,8,11-12,14H,5-7,9-10H2,1H3. The van der Waals surface area contributed by atoms with Gasteiger partial charge in [0.15, 0.2) is 0 Å². The highest BCUT2D eigenvalue weighted by atomic mass is 16.1. The van der Waals surface area contributed by atoms with Gasteiger partial charge in [-0.2, -0.15) is 0 Å². The van der Waals surface area contributed by atoms with Crippen LogP contribution >= 0.6 is 0 Å². The second kappa shape index (κ2) is 5.30. The molecule has 1 aromatic rings. The lowest BCUT2D eigenvalue weighted by Gasteiger charge is -2.11. The van der Waals surface area contributed by atoms with E-state index in [0.717, 1.165) is 31.5 Å². The summed E-state index contributed by atoms with van der Waals surface area (Å²) >= 11 is 0. The summed E-state index contributed by atoms with van der Waals surface area (Å²) in [5, 5.41) is 3.42. The van der Waals surface area contributed by atoms with Crippen molar-refractivity contribution in [1.82, 2.24) is 9.88 Å². The monoisotopic (exact) mass is 220 g/mol. The first kappa shape index (κ1) is 11.4. The van der Waals surface area contributed by atoms with Crippen LogP contribution in [-0.2, 0) is 6.54 Å². The number of hydrogen-bond donors (Lipinski definition) is 1. The molecular weight excluding hydrogens is 200 g/mol. The van der Waals surface area contributed by atoms with Crippen molar-refractivity contribution in [2.45, 2.75) is 26.3 Å². The van der Waals surface area contributed by atoms with Crippen molar-refractivity contribution in [1.29, 1.82) is 0 Å². The summed E-state index contributed by atoms with van der Waals surface area (Å²) < 4.78 is 1.74. The molecule has 0 radical (unpaired) electrons. The molecule has 1 unspecified atom stereocenters. The number of nitrogens with zero attached hydrogens (tertiary/aromatic N) is 1. The Morgan fingerprint density at radius 3 is 3.00 bits per heavy atom. The molecule has 1 aromatic heterocycles. The molecule has 88 valence electrons. The van der Waals surface area contributed by atoms with Crippen molar-refractivity contribution in [3.8, 4) is 0 Å². The lowest BCUT2D eigenvalue weighted by Crippen LogP contribution is -2.29. The van der Waals surface area contributed by atoms with E-state index in [1.165, 1.54) is 12.8 Å². The van der Waals surface area contributed by atoms with Gasteiger partial charge in [0.05, 0.1) is 0 Å². The van der Waals surface area contributed by atoms with E-state index in [1.54, 1.807) is 16.7 Å². The maximum Gasteiger partial charge on any atom is 0.250 e. The SMILES string of the molecule is CC(CNCCn1ccccc1=O)C1CC1. The Kier molecular flexibility index (Phi) is 3.78. The Morgan fingerprint density at radius 2 is 2.31 bits per heavy atom. The summed E-state index contributed by atoms with van der Waals surface area (Å²) in [6.07, 6.45) is 4.65. The van der Waals surface area contributed by atoms with Crippen LogP contribution in [-0.4, -0.2) is 17.7 Å². The van der Waals surface area contributed by atoms with Gasteiger partial charge in [0, 0.05) is 25.4 Å². The molecule has 1 atom stereocenters. The average molecular weight is 220 g/mol. The molecule has 0 spiro atoms. The summed E-state index contributed by atoms with van der Waals surface area (Å²) in [5.74, 6) is 1.74. The predicted molar refractivity (Wildman–Crippen MR) is 65.5 cm³/mol. The van der Waals surface area contributed by atoms with E-state index in [-0.39, 0.29) is 5.56 Å². The fourth-order valence-corrected chi connectivity index (χ4v) is 2.01. The molecule has 0 saturated heterocycles. The molecule has 0 amide bonds. The Bertz CT molecular complexity index is 382. The van der Waals surface area contributed by atoms with Crippen LogP contribution in [0.2, 0.25) is 0 Å². The number of aromatic nitrogens is 1. The molecule has 0 bridgehead atoms. The molecule has 1 aliphatic rings. The third-order valence-electron chi connectivity index (χ3n) is 3.32. The van der Waals surface area contributed by atoms with E-state index >= 15 is 0 Å². The number of rotatable bonds is 6. The van der Waals surface area contributed by atoms with Gasteiger partial charge in [-0.25, -0.2) is 0 Å². The smallest absolute Gasteiger partial charge is 0.250 e. The zero-order chi connectivity index (χ0) is 11.4. The molecule has 1 N–H and O–H groups in total. The van der Waals surface area contributed by atoms with Crippen molar-refractivity contribution in [3.63, 3.8) is 0 Å². The van der Waals surface area contributed by atoms with Crippen molar-refractivity contribution in [2.75, 3.05) is 13.1 Å². The Morgan fingerprint density at radius 1 is 1.50 bits per heavy atom. The fourth-order valence-electron chi connectivity index (χ4n) is 2.01. The zero-order valence-electron chi connectivity index (χ0n) is 9.86. The highest BCUT2D eigenvalue weighted by Crippen LogP contribution is 2.35. The third-order valence-corrected chi connectivity index (χ3v) is 3.32. The van der Waals surface area contributed by atoms with E-state index < -0.39 is 0 Å². The molecule has 16 heavy (non-hydrogen) atoms. The lowest BCUT2D eigenvalue weighted by atomic mass is 10.1. The highest BCUT2D eigenvalue weighted by molar-refractivity contribution is 4.93. The third kappa shape index (κ3) is 3.20. The molecule has 0 aliphatic heterocycles. The van der Waals surface area contributed by atoms with Crippen LogP contribution in [0.4, 0.5) is 0 Å². The van der Waals surface area contributed by atoms with Gasteiger partial charge in [-0.1, -0.05) is 13.0 Å². The van der Waals surface area contributed by atoms with Crippen molar-refractivity contribution in [2.24, 2.45) is 11.8 Å². The number of nitrogens with one attached hydrogen (secondary N) is 1. The van der Waals surface area contributed by atoms with Gasteiger partial charge >= 0.3 is 0 Å². The molecule has 1 aliphatic carbocycles. The van der Waals surface area contributed by atoms with Crippen LogP contribution in [0.3, 0.4) is 0 Å². The van der Waals surface area contributed by atoms with E-state index in [1.807, 2.05) is 12.3 Å². The minimum atomic E-state index is 0.0829. The summed E-state index contributed by atoms with van der Waals surface area (Å²) in [4.78, 5) is 11.4. The van der Waals surface area contributed by atoms with Crippen molar-refractivity contribution >= 4 is 0 Å². The van der Waals surface area contributed by atoms with Crippen LogP contribution in [0, 0.1) is 11.8 Å². The maximum absolute atomic E-state index is 11.4. The zero-order valence-corrected chi connectivity index (χ0v) is 9.86. The average Bonchev–Trinajstić information content (AvgIpc) is 3.10. The van der Waals surface area contributed by atoms with E-state index in [9.17, 15) is 4.79 Å². The molecule has 1 heterocycles. The van der Waals surface area contributed by atoms with Gasteiger partial charge in [0.2, 0.25) is 0 Å². The van der Waals surface area contributed by atoms with Crippen LogP contribution in [0.5, 0.6) is 0 Å². The Hall–Kier alpha value is -1.09. The quantitative estimate of drug-likeness (QED) is 0.737. The van der Waals surface area contributed by atoms with Crippen LogP contribution in [0.15, 0.2) is 29.2 Å². The van der Waals surface area contributed by atoms with Gasteiger partial charge in [0.1, 0.15) is 0 Å². The van der Waals surface area contributed by atoms with Crippen LogP contribution < -0.4 is 10.9 Å². The van der Waals surface area contributed by atoms with Gasteiger partial charge in [-0.3, -0.25) is 4.79 Å². The molecule has 0 aromatic carbocycles. The summed E-state index contributed by atoms with van der Waals surface area (Å²) in [5.41, 5.74) is 0.0829. The van der Waals surface area contributed by atoms with Gasteiger partial charge in [-0.15, -0.1) is 0 Å². The molecule has 3 nitrogen and oxygen atoms in total. The van der Waals surface area contributed by atoms with Gasteiger partial charge < -0.3 is 9.88 Å². The Balaban J connectivity index is 1.68. The highest BCUT2D eigenvalue weighted by Gasteiger charge is 2.27. The second-order valence-electron chi connectivity index (χ2n) is 4.75. The first-order valence-corrected chi connectivity index (χ1v) is 6.13. The van der Waals surface area contributed by atoms with E-state index in [0.29, 0.717) is 0 Å². The minimum absolute atomic E-state index is 0.0829. The van der Waals surface area contributed by atoms with Crippen molar-refractivity contribution < 1.29 is 0 Å². The normalized spacial score (nSPS) is 17.3. The second-order valence-corrected chi connectivity index (χ2v) is 4.75. The first-order valence-electron chi connectivity index (χ1n) is 6.13. The summed E-state index contributed by atoms with van der Waals surface area (Å²) in [7, 11) is 0. The molecular formula is C13H20N2O. The molecule has 2 rings (SSSR count). The minimum Gasteiger partial charge on any atom is -0.315 e. The van der Waals surface area contributed by atoms with E-state index in [2.05, 4.69) is 12.2 Å². The number of pyridine rings is 1. The largest absolute Gasteiger partial charge is 0.315 e. The first-order chi connectivity index (χ1) is 7.77. The fraction of sp³-hybridized carbons (Fsp3) is 0.615. The predicted octanol–water partition coefficient (Wildman–Crippen LogP) is 1.48. The van der Waals surface area contributed by atoms with Crippen LogP contribution in [0.1, 0.15) is 19.8 Å². The summed E-state index contributed by atoms with van der Waals surface area (Å²) in [6, 6.07) is 5.28. The van der Waals surface area contributed by atoms with Crippen molar-refractivity contribution in [3.05, 3.63) is 34.7 Å².